The lowest BCUT2D eigenvalue weighted by Crippen LogP contribution is -2.16. The van der Waals surface area contributed by atoms with Gasteiger partial charge in [0.15, 0.2) is 0 Å². The summed E-state index contributed by atoms with van der Waals surface area (Å²) in [4.78, 5) is 0. The van der Waals surface area contributed by atoms with Gasteiger partial charge in [-0.05, 0) is 18.9 Å². The van der Waals surface area contributed by atoms with Gasteiger partial charge in [-0.1, -0.05) is 68.4 Å². The van der Waals surface area contributed by atoms with Gasteiger partial charge in [-0.3, -0.25) is 0 Å². The highest BCUT2D eigenvalue weighted by Crippen LogP contribution is 2.20. The predicted octanol–water partition coefficient (Wildman–Crippen LogP) is 4.75. The van der Waals surface area contributed by atoms with Gasteiger partial charge in [0.25, 0.3) is 0 Å². The molecule has 0 aromatic heterocycles. The molecule has 1 aromatic carbocycles. The lowest BCUT2D eigenvalue weighted by atomic mass is 10.0. The third-order valence-electron chi connectivity index (χ3n) is 2.58. The summed E-state index contributed by atoms with van der Waals surface area (Å²) >= 11 is 0. The Kier molecular flexibility index (Phi) is 4.78. The SMILES string of the molecule is CC/C(C)=C(\C#C[Si](C)(C)C)c1ccccc1. The van der Waals surface area contributed by atoms with E-state index in [-0.39, 0.29) is 0 Å². The van der Waals surface area contributed by atoms with Crippen molar-refractivity contribution in [1.29, 1.82) is 0 Å². The minimum Gasteiger partial charge on any atom is -0.127 e. The standard InChI is InChI=1S/C16H22Si/c1-6-14(2)16(12-13-17(3,4)5)15-10-8-7-9-11-15/h7-11H,6H2,1-5H3/b16-14+. The molecule has 0 saturated heterocycles. The van der Waals surface area contributed by atoms with Crippen LogP contribution in [0.1, 0.15) is 25.8 Å². The number of hydrogen-bond donors (Lipinski definition) is 0. The van der Waals surface area contributed by atoms with Crippen molar-refractivity contribution in [3.8, 4) is 11.5 Å². The highest BCUT2D eigenvalue weighted by atomic mass is 28.3. The smallest absolute Gasteiger partial charge is 0.127 e. The second-order valence-electron chi connectivity index (χ2n) is 5.37. The molecule has 1 rings (SSSR count). The summed E-state index contributed by atoms with van der Waals surface area (Å²) in [5.74, 6) is 3.42. The van der Waals surface area contributed by atoms with Crippen molar-refractivity contribution >= 4 is 13.6 Å². The second-order valence-corrected chi connectivity index (χ2v) is 10.1. The Morgan fingerprint density at radius 2 is 1.71 bits per heavy atom. The zero-order valence-corrected chi connectivity index (χ0v) is 12.6. The molecule has 0 fully saturated rings. The van der Waals surface area contributed by atoms with Crippen LogP contribution in [-0.2, 0) is 0 Å². The lowest BCUT2D eigenvalue weighted by molar-refractivity contribution is 1.11. The molecule has 0 radical (unpaired) electrons. The van der Waals surface area contributed by atoms with Crippen LogP contribution in [-0.4, -0.2) is 8.07 Å². The molecule has 0 heterocycles. The summed E-state index contributed by atoms with van der Waals surface area (Å²) in [5.41, 5.74) is 7.31. The summed E-state index contributed by atoms with van der Waals surface area (Å²) in [7, 11) is -1.31. The van der Waals surface area contributed by atoms with Crippen LogP contribution in [0.4, 0.5) is 0 Å². The zero-order valence-electron chi connectivity index (χ0n) is 11.6. The molecule has 0 amide bonds. The number of rotatable bonds is 2. The van der Waals surface area contributed by atoms with Crippen molar-refractivity contribution < 1.29 is 0 Å². The third-order valence-corrected chi connectivity index (χ3v) is 3.46. The molecule has 0 saturated carbocycles. The van der Waals surface area contributed by atoms with E-state index in [1.807, 2.05) is 6.07 Å². The molecule has 0 unspecified atom stereocenters. The first kappa shape index (κ1) is 13.8. The van der Waals surface area contributed by atoms with Crippen LogP contribution >= 0.6 is 0 Å². The Hall–Kier alpha value is -1.26. The topological polar surface area (TPSA) is 0 Å². The van der Waals surface area contributed by atoms with Crippen molar-refractivity contribution in [3.05, 3.63) is 41.5 Å². The van der Waals surface area contributed by atoms with E-state index in [1.165, 1.54) is 16.7 Å². The van der Waals surface area contributed by atoms with Crippen molar-refractivity contribution in [2.75, 3.05) is 0 Å². The molecule has 0 aliphatic heterocycles. The molecule has 90 valence electrons. The summed E-state index contributed by atoms with van der Waals surface area (Å²) in [5, 5.41) is 0. The summed E-state index contributed by atoms with van der Waals surface area (Å²) in [6, 6.07) is 10.5. The molecule has 0 N–H and O–H groups in total. The molecule has 0 aliphatic carbocycles. The highest BCUT2D eigenvalue weighted by molar-refractivity contribution is 6.84. The van der Waals surface area contributed by atoms with Crippen LogP contribution in [0.25, 0.3) is 5.57 Å². The van der Waals surface area contributed by atoms with E-state index in [4.69, 9.17) is 0 Å². The Morgan fingerprint density at radius 1 is 1.12 bits per heavy atom. The van der Waals surface area contributed by atoms with Gasteiger partial charge < -0.3 is 0 Å². The molecular formula is C16H22Si. The van der Waals surface area contributed by atoms with E-state index in [0.717, 1.165) is 6.42 Å². The van der Waals surface area contributed by atoms with E-state index in [9.17, 15) is 0 Å². The largest absolute Gasteiger partial charge is 0.129 e. The average Bonchev–Trinajstić information content (AvgIpc) is 2.29. The van der Waals surface area contributed by atoms with Gasteiger partial charge in [-0.25, -0.2) is 0 Å². The van der Waals surface area contributed by atoms with E-state index >= 15 is 0 Å². The minimum absolute atomic E-state index is 1.06. The summed E-state index contributed by atoms with van der Waals surface area (Å²) in [6.07, 6.45) is 1.06. The van der Waals surface area contributed by atoms with E-state index < -0.39 is 8.07 Å². The highest BCUT2D eigenvalue weighted by Gasteiger charge is 2.09. The maximum Gasteiger partial charge on any atom is 0.129 e. The van der Waals surface area contributed by atoms with E-state index in [1.54, 1.807) is 0 Å². The summed E-state index contributed by atoms with van der Waals surface area (Å²) in [6.45, 7) is 11.2. The van der Waals surface area contributed by atoms with Gasteiger partial charge in [0.1, 0.15) is 8.07 Å². The first-order chi connectivity index (χ1) is 7.94. The Morgan fingerprint density at radius 3 is 2.18 bits per heavy atom. The Labute approximate surface area is 107 Å². The molecule has 0 spiro atoms. The second kappa shape index (κ2) is 5.89. The van der Waals surface area contributed by atoms with Crippen molar-refractivity contribution in [1.82, 2.24) is 0 Å². The Balaban J connectivity index is 3.20. The van der Waals surface area contributed by atoms with Crippen LogP contribution in [0, 0.1) is 11.5 Å². The molecule has 0 aliphatic rings. The first-order valence-corrected chi connectivity index (χ1v) is 9.72. The molecule has 0 atom stereocenters. The van der Waals surface area contributed by atoms with E-state index in [0.29, 0.717) is 0 Å². The maximum atomic E-state index is 3.47. The number of allylic oxidation sites excluding steroid dienone is 2. The van der Waals surface area contributed by atoms with Gasteiger partial charge in [0.2, 0.25) is 0 Å². The number of hydrogen-bond acceptors (Lipinski definition) is 0. The van der Waals surface area contributed by atoms with Crippen LogP contribution in [0.5, 0.6) is 0 Å². The lowest BCUT2D eigenvalue weighted by Gasteiger charge is -2.08. The normalized spacial score (nSPS) is 12.5. The average molecular weight is 242 g/mol. The molecule has 0 bridgehead atoms. The number of benzene rings is 1. The molecule has 17 heavy (non-hydrogen) atoms. The maximum absolute atomic E-state index is 3.47. The van der Waals surface area contributed by atoms with Crippen LogP contribution in [0.3, 0.4) is 0 Å². The van der Waals surface area contributed by atoms with Crippen LogP contribution in [0.15, 0.2) is 35.9 Å². The van der Waals surface area contributed by atoms with Crippen LogP contribution < -0.4 is 0 Å². The van der Waals surface area contributed by atoms with Gasteiger partial charge in [0, 0.05) is 5.57 Å². The fourth-order valence-corrected chi connectivity index (χ4v) is 1.96. The molecule has 1 aromatic rings. The first-order valence-electron chi connectivity index (χ1n) is 6.22. The monoisotopic (exact) mass is 242 g/mol. The van der Waals surface area contributed by atoms with Crippen molar-refractivity contribution in [3.63, 3.8) is 0 Å². The Bertz CT molecular complexity index is 450. The predicted molar refractivity (Wildman–Crippen MR) is 80.4 cm³/mol. The molecule has 0 nitrogen and oxygen atoms in total. The fourth-order valence-electron chi connectivity index (χ4n) is 1.46. The quantitative estimate of drug-likeness (QED) is 0.518. The van der Waals surface area contributed by atoms with Crippen molar-refractivity contribution in [2.45, 2.75) is 39.9 Å². The fraction of sp³-hybridized carbons (Fsp3) is 0.375. The third kappa shape index (κ3) is 4.62. The van der Waals surface area contributed by atoms with Gasteiger partial charge in [-0.2, -0.15) is 0 Å². The van der Waals surface area contributed by atoms with Crippen molar-refractivity contribution in [2.24, 2.45) is 0 Å². The van der Waals surface area contributed by atoms with Gasteiger partial charge in [0.05, 0.1) is 0 Å². The van der Waals surface area contributed by atoms with E-state index in [2.05, 4.69) is 69.2 Å². The minimum atomic E-state index is -1.31. The molecule has 1 heteroatoms. The van der Waals surface area contributed by atoms with Gasteiger partial charge in [-0.15, -0.1) is 5.54 Å². The zero-order chi connectivity index (χ0) is 12.9. The van der Waals surface area contributed by atoms with Gasteiger partial charge >= 0.3 is 0 Å². The summed E-state index contributed by atoms with van der Waals surface area (Å²) < 4.78 is 0. The molecular weight excluding hydrogens is 220 g/mol. The van der Waals surface area contributed by atoms with Crippen LogP contribution in [0.2, 0.25) is 19.6 Å².